The van der Waals surface area contributed by atoms with Crippen molar-refractivity contribution in [3.63, 3.8) is 0 Å². The lowest BCUT2D eigenvalue weighted by Crippen LogP contribution is -2.25. The molecule has 0 aliphatic heterocycles. The molecule has 3 rings (SSSR count). The van der Waals surface area contributed by atoms with Gasteiger partial charge in [0.15, 0.2) is 5.82 Å². The predicted molar refractivity (Wildman–Crippen MR) is 83.8 cm³/mol. The van der Waals surface area contributed by atoms with Crippen molar-refractivity contribution in [2.24, 2.45) is 0 Å². The molecule has 6 nitrogen and oxygen atoms in total. The molecule has 2 aromatic heterocycles. The minimum atomic E-state index is -0.0506. The molecule has 0 radical (unpaired) electrons. The maximum Gasteiger partial charge on any atom is 0.253 e. The lowest BCUT2D eigenvalue weighted by molar-refractivity contribution is 0.0948. The molecular weight excluding hydrogens is 278 g/mol. The Balaban J connectivity index is 1.72. The van der Waals surface area contributed by atoms with E-state index in [1.807, 2.05) is 19.9 Å². The topological polar surface area (TPSA) is 64.7 Å². The summed E-state index contributed by atoms with van der Waals surface area (Å²) in [6, 6.07) is 2.82. The van der Waals surface area contributed by atoms with Crippen LogP contribution in [-0.2, 0) is 6.54 Å². The lowest BCUT2D eigenvalue weighted by Gasteiger charge is -2.13. The number of nitrogens with one attached hydrogen (secondary N) is 1. The first-order chi connectivity index (χ1) is 10.5. The van der Waals surface area contributed by atoms with E-state index in [2.05, 4.69) is 38.5 Å². The molecule has 0 saturated heterocycles. The standard InChI is InChI=1S/C16H23N5O/c1-10(2)21-11(3)7-14(12(21)4)16(22)17-8-15-19-18-9-20(15)13-5-6-13/h7,9-10,13H,5-6,8H2,1-4H3,(H,17,22). The minimum absolute atomic E-state index is 0.0506. The summed E-state index contributed by atoms with van der Waals surface area (Å²) in [5.41, 5.74) is 2.86. The first-order valence-electron chi connectivity index (χ1n) is 7.84. The van der Waals surface area contributed by atoms with Crippen molar-refractivity contribution in [3.05, 3.63) is 35.2 Å². The van der Waals surface area contributed by atoms with Gasteiger partial charge in [0.1, 0.15) is 6.33 Å². The molecule has 118 valence electrons. The summed E-state index contributed by atoms with van der Waals surface area (Å²) in [5.74, 6) is 0.777. The van der Waals surface area contributed by atoms with Gasteiger partial charge in [-0.2, -0.15) is 0 Å². The van der Waals surface area contributed by atoms with E-state index in [-0.39, 0.29) is 5.91 Å². The zero-order valence-corrected chi connectivity index (χ0v) is 13.6. The van der Waals surface area contributed by atoms with Gasteiger partial charge in [-0.1, -0.05) is 0 Å². The van der Waals surface area contributed by atoms with Gasteiger partial charge < -0.3 is 14.5 Å². The Kier molecular flexibility index (Phi) is 3.76. The van der Waals surface area contributed by atoms with E-state index in [9.17, 15) is 4.79 Å². The highest BCUT2D eigenvalue weighted by Crippen LogP contribution is 2.35. The zero-order valence-electron chi connectivity index (χ0n) is 13.6. The lowest BCUT2D eigenvalue weighted by atomic mass is 10.2. The summed E-state index contributed by atoms with van der Waals surface area (Å²) in [5, 5.41) is 11.0. The smallest absolute Gasteiger partial charge is 0.253 e. The molecule has 1 aliphatic carbocycles. The van der Waals surface area contributed by atoms with E-state index in [1.165, 1.54) is 12.8 Å². The van der Waals surface area contributed by atoms with Crippen molar-refractivity contribution in [1.29, 1.82) is 0 Å². The molecule has 22 heavy (non-hydrogen) atoms. The van der Waals surface area contributed by atoms with Crippen molar-refractivity contribution in [2.45, 2.75) is 59.2 Å². The number of aromatic nitrogens is 4. The number of carbonyl (C=O) groups is 1. The second-order valence-corrected chi connectivity index (χ2v) is 6.32. The van der Waals surface area contributed by atoms with Gasteiger partial charge in [0.2, 0.25) is 0 Å². The Hall–Kier alpha value is -2.11. The third-order valence-electron chi connectivity index (χ3n) is 4.24. The van der Waals surface area contributed by atoms with Crippen LogP contribution in [-0.4, -0.2) is 25.2 Å². The number of rotatable bonds is 5. The van der Waals surface area contributed by atoms with Crippen molar-refractivity contribution in [2.75, 3.05) is 0 Å². The molecule has 2 heterocycles. The minimum Gasteiger partial charge on any atom is -0.346 e. The average Bonchev–Trinajstić information content (AvgIpc) is 3.11. The van der Waals surface area contributed by atoms with Crippen LogP contribution in [0, 0.1) is 13.8 Å². The van der Waals surface area contributed by atoms with E-state index in [0.29, 0.717) is 18.6 Å². The number of aryl methyl sites for hydroxylation is 1. The molecule has 1 fully saturated rings. The van der Waals surface area contributed by atoms with Gasteiger partial charge in [0.25, 0.3) is 5.91 Å². The maximum absolute atomic E-state index is 12.5. The van der Waals surface area contributed by atoms with Gasteiger partial charge in [-0.05, 0) is 46.6 Å². The highest BCUT2D eigenvalue weighted by Gasteiger charge is 2.26. The molecule has 0 atom stereocenters. The van der Waals surface area contributed by atoms with Crippen LogP contribution in [0.5, 0.6) is 0 Å². The predicted octanol–water partition coefficient (Wildman–Crippen LogP) is 2.54. The van der Waals surface area contributed by atoms with Crippen LogP contribution in [0.25, 0.3) is 0 Å². The Labute approximate surface area is 130 Å². The van der Waals surface area contributed by atoms with Crippen molar-refractivity contribution >= 4 is 5.91 Å². The summed E-state index contributed by atoms with van der Waals surface area (Å²) in [6.07, 6.45) is 4.10. The quantitative estimate of drug-likeness (QED) is 0.923. The summed E-state index contributed by atoms with van der Waals surface area (Å²) in [4.78, 5) is 12.5. The fourth-order valence-corrected chi connectivity index (χ4v) is 3.11. The van der Waals surface area contributed by atoms with E-state index in [0.717, 1.165) is 22.8 Å². The molecule has 0 bridgehead atoms. The highest BCUT2D eigenvalue weighted by molar-refractivity contribution is 5.95. The SMILES string of the molecule is Cc1cc(C(=O)NCc2nncn2C2CC2)c(C)n1C(C)C. The normalized spacial score (nSPS) is 14.6. The van der Waals surface area contributed by atoms with Crippen molar-refractivity contribution < 1.29 is 4.79 Å². The Morgan fingerprint density at radius 1 is 1.41 bits per heavy atom. The van der Waals surface area contributed by atoms with Gasteiger partial charge in [-0.3, -0.25) is 4.79 Å². The van der Waals surface area contributed by atoms with Crippen LogP contribution in [0.2, 0.25) is 0 Å². The van der Waals surface area contributed by atoms with Crippen molar-refractivity contribution in [3.8, 4) is 0 Å². The van der Waals surface area contributed by atoms with Crippen LogP contribution < -0.4 is 5.32 Å². The Bertz CT molecular complexity index is 693. The fraction of sp³-hybridized carbons (Fsp3) is 0.562. The Morgan fingerprint density at radius 2 is 2.14 bits per heavy atom. The molecule has 1 aliphatic rings. The van der Waals surface area contributed by atoms with Crippen LogP contribution in [0.1, 0.15) is 66.3 Å². The third-order valence-corrected chi connectivity index (χ3v) is 4.24. The summed E-state index contributed by atoms with van der Waals surface area (Å²) in [6.45, 7) is 8.70. The number of amides is 1. The van der Waals surface area contributed by atoms with Gasteiger partial charge >= 0.3 is 0 Å². The second kappa shape index (κ2) is 5.59. The van der Waals surface area contributed by atoms with Gasteiger partial charge in [0, 0.05) is 23.5 Å². The molecule has 0 unspecified atom stereocenters. The summed E-state index contributed by atoms with van der Waals surface area (Å²) < 4.78 is 4.25. The first-order valence-corrected chi connectivity index (χ1v) is 7.84. The summed E-state index contributed by atoms with van der Waals surface area (Å²) >= 11 is 0. The zero-order chi connectivity index (χ0) is 15.9. The van der Waals surface area contributed by atoms with E-state index in [4.69, 9.17) is 0 Å². The monoisotopic (exact) mass is 301 g/mol. The molecule has 6 heteroatoms. The largest absolute Gasteiger partial charge is 0.346 e. The Morgan fingerprint density at radius 3 is 2.73 bits per heavy atom. The van der Waals surface area contributed by atoms with Crippen molar-refractivity contribution in [1.82, 2.24) is 24.6 Å². The van der Waals surface area contributed by atoms with Gasteiger partial charge in [-0.25, -0.2) is 0 Å². The van der Waals surface area contributed by atoms with Crippen LogP contribution in [0.4, 0.5) is 0 Å². The molecule has 0 aromatic carbocycles. The van der Waals surface area contributed by atoms with Crippen LogP contribution >= 0.6 is 0 Å². The molecular formula is C16H23N5O. The van der Waals surface area contributed by atoms with Gasteiger partial charge in [-0.15, -0.1) is 10.2 Å². The van der Waals surface area contributed by atoms with E-state index >= 15 is 0 Å². The number of hydrogen-bond acceptors (Lipinski definition) is 3. The van der Waals surface area contributed by atoms with E-state index < -0.39 is 0 Å². The molecule has 1 N–H and O–H groups in total. The number of nitrogens with zero attached hydrogens (tertiary/aromatic N) is 4. The average molecular weight is 301 g/mol. The molecule has 0 spiro atoms. The highest BCUT2D eigenvalue weighted by atomic mass is 16.1. The van der Waals surface area contributed by atoms with E-state index in [1.54, 1.807) is 6.33 Å². The number of carbonyl (C=O) groups excluding carboxylic acids is 1. The maximum atomic E-state index is 12.5. The number of hydrogen-bond donors (Lipinski definition) is 1. The molecule has 1 amide bonds. The third kappa shape index (κ3) is 2.65. The summed E-state index contributed by atoms with van der Waals surface area (Å²) in [7, 11) is 0. The first kappa shape index (κ1) is 14.8. The van der Waals surface area contributed by atoms with Gasteiger partial charge in [0.05, 0.1) is 12.1 Å². The fourth-order valence-electron chi connectivity index (χ4n) is 3.11. The van der Waals surface area contributed by atoms with Crippen LogP contribution in [0.15, 0.2) is 12.4 Å². The second-order valence-electron chi connectivity index (χ2n) is 6.32. The van der Waals surface area contributed by atoms with Crippen LogP contribution in [0.3, 0.4) is 0 Å². The molecule has 2 aromatic rings. The molecule has 1 saturated carbocycles.